The van der Waals surface area contributed by atoms with Gasteiger partial charge in [0.25, 0.3) is 0 Å². The standard InChI is InChI=1S/C22H26O4Si/c1-3-11-18-16-19(17-22(23)24-4-2)26-27(25-18,20-12-7-5-8-13-20)21-14-9-6-10-15-21/h3,5-15,18-19H,4,16-17H2,1-2H3/b11-3+/t18-,19-/m0/s1. The number of carbonyl (C=O) groups excluding carboxylic acids is 1. The van der Waals surface area contributed by atoms with Gasteiger partial charge >= 0.3 is 14.5 Å². The van der Waals surface area contributed by atoms with Crippen LogP contribution in [0.1, 0.15) is 26.7 Å². The Morgan fingerprint density at radius 1 is 1.07 bits per heavy atom. The molecule has 27 heavy (non-hydrogen) atoms. The minimum absolute atomic E-state index is 0.102. The van der Waals surface area contributed by atoms with E-state index in [4.69, 9.17) is 13.6 Å². The number of allylic oxidation sites excluding steroid dienone is 1. The molecule has 1 fully saturated rings. The zero-order valence-electron chi connectivity index (χ0n) is 15.8. The summed E-state index contributed by atoms with van der Waals surface area (Å²) in [5.74, 6) is -0.229. The van der Waals surface area contributed by atoms with E-state index in [0.29, 0.717) is 13.0 Å². The van der Waals surface area contributed by atoms with Crippen molar-refractivity contribution in [3.63, 3.8) is 0 Å². The first-order valence-corrected chi connectivity index (χ1v) is 11.2. The maximum Gasteiger partial charge on any atom is 0.407 e. The second-order valence-corrected chi connectivity index (χ2v) is 9.37. The molecule has 0 radical (unpaired) electrons. The summed E-state index contributed by atoms with van der Waals surface area (Å²) in [5.41, 5.74) is 0. The molecule has 1 saturated heterocycles. The van der Waals surface area contributed by atoms with Gasteiger partial charge in [0, 0.05) is 6.42 Å². The lowest BCUT2D eigenvalue weighted by Crippen LogP contribution is -2.68. The molecule has 2 aromatic rings. The second kappa shape index (κ2) is 9.13. The maximum absolute atomic E-state index is 12.1. The largest absolute Gasteiger partial charge is 0.466 e. The molecular formula is C22H26O4Si. The van der Waals surface area contributed by atoms with E-state index in [9.17, 15) is 4.79 Å². The highest BCUT2D eigenvalue weighted by Crippen LogP contribution is 2.27. The van der Waals surface area contributed by atoms with E-state index < -0.39 is 8.56 Å². The first kappa shape index (κ1) is 19.5. The summed E-state index contributed by atoms with van der Waals surface area (Å²) >= 11 is 0. The average Bonchev–Trinajstić information content (AvgIpc) is 2.69. The molecule has 1 aliphatic rings. The van der Waals surface area contributed by atoms with Crippen LogP contribution in [-0.4, -0.2) is 33.3 Å². The number of esters is 1. The fourth-order valence-electron chi connectivity index (χ4n) is 3.45. The lowest BCUT2D eigenvalue weighted by Gasteiger charge is -2.42. The quantitative estimate of drug-likeness (QED) is 0.438. The summed E-state index contributed by atoms with van der Waals surface area (Å²) in [6.07, 6.45) is 4.57. The minimum Gasteiger partial charge on any atom is -0.466 e. The van der Waals surface area contributed by atoms with Crippen LogP contribution in [0.2, 0.25) is 0 Å². The molecule has 0 bridgehead atoms. The van der Waals surface area contributed by atoms with Crippen molar-refractivity contribution in [3.05, 3.63) is 72.8 Å². The van der Waals surface area contributed by atoms with E-state index in [1.165, 1.54) is 0 Å². The third kappa shape index (κ3) is 4.56. The van der Waals surface area contributed by atoms with Gasteiger partial charge in [0.1, 0.15) is 0 Å². The fourth-order valence-corrected chi connectivity index (χ4v) is 6.89. The van der Waals surface area contributed by atoms with E-state index in [-0.39, 0.29) is 24.6 Å². The number of carbonyl (C=O) groups is 1. The Morgan fingerprint density at radius 3 is 2.19 bits per heavy atom. The van der Waals surface area contributed by atoms with Crippen molar-refractivity contribution in [1.29, 1.82) is 0 Å². The Hall–Kier alpha value is -2.21. The highest BCUT2D eigenvalue weighted by atomic mass is 28.4. The van der Waals surface area contributed by atoms with Gasteiger partial charge < -0.3 is 13.6 Å². The van der Waals surface area contributed by atoms with Crippen LogP contribution < -0.4 is 10.4 Å². The van der Waals surface area contributed by atoms with E-state index in [0.717, 1.165) is 10.4 Å². The SMILES string of the molecule is C/C=C/[C@H]1C[C@@H](CC(=O)OCC)O[Si](c2ccccc2)(c2ccccc2)O1. The van der Waals surface area contributed by atoms with E-state index in [1.807, 2.05) is 62.4 Å². The van der Waals surface area contributed by atoms with Gasteiger partial charge in [0.2, 0.25) is 0 Å². The van der Waals surface area contributed by atoms with Gasteiger partial charge in [-0.15, -0.1) is 0 Å². The summed E-state index contributed by atoms with van der Waals surface area (Å²) in [6.45, 7) is 4.17. The summed E-state index contributed by atoms with van der Waals surface area (Å²) in [5, 5.41) is 2.08. The third-order valence-corrected chi connectivity index (χ3v) is 8.05. The number of ether oxygens (including phenoxy) is 1. The molecule has 0 unspecified atom stereocenters. The van der Waals surface area contributed by atoms with Gasteiger partial charge in [-0.1, -0.05) is 72.8 Å². The molecule has 2 atom stereocenters. The van der Waals surface area contributed by atoms with Gasteiger partial charge in [-0.2, -0.15) is 0 Å². The van der Waals surface area contributed by atoms with Gasteiger partial charge in [-0.3, -0.25) is 4.79 Å². The molecule has 0 amide bonds. The highest BCUT2D eigenvalue weighted by Gasteiger charge is 2.50. The highest BCUT2D eigenvalue weighted by molar-refractivity contribution is 6.92. The van der Waals surface area contributed by atoms with E-state index >= 15 is 0 Å². The molecule has 5 heteroatoms. The van der Waals surface area contributed by atoms with Gasteiger partial charge in [0.05, 0.1) is 25.2 Å². The lowest BCUT2D eigenvalue weighted by atomic mass is 10.1. The van der Waals surface area contributed by atoms with Crippen molar-refractivity contribution in [3.8, 4) is 0 Å². The van der Waals surface area contributed by atoms with Crippen molar-refractivity contribution in [1.82, 2.24) is 0 Å². The minimum atomic E-state index is -2.95. The molecule has 4 nitrogen and oxygen atoms in total. The monoisotopic (exact) mass is 382 g/mol. The van der Waals surface area contributed by atoms with Crippen LogP contribution in [0.4, 0.5) is 0 Å². The van der Waals surface area contributed by atoms with Crippen LogP contribution in [0.25, 0.3) is 0 Å². The zero-order valence-corrected chi connectivity index (χ0v) is 16.8. The number of benzene rings is 2. The van der Waals surface area contributed by atoms with Crippen molar-refractivity contribution in [2.75, 3.05) is 6.61 Å². The molecule has 1 heterocycles. The lowest BCUT2D eigenvalue weighted by molar-refractivity contribution is -0.146. The van der Waals surface area contributed by atoms with Gasteiger partial charge in [0.15, 0.2) is 0 Å². The molecule has 3 rings (SSSR count). The molecule has 142 valence electrons. The van der Waals surface area contributed by atoms with Crippen LogP contribution in [0.15, 0.2) is 72.8 Å². The Bertz CT molecular complexity index is 721. The summed E-state index contributed by atoms with van der Waals surface area (Å²) < 4.78 is 18.4. The number of rotatable bonds is 6. The zero-order chi connectivity index (χ0) is 19.1. The molecule has 1 aliphatic heterocycles. The Balaban J connectivity index is 2.03. The van der Waals surface area contributed by atoms with Gasteiger partial charge in [-0.05, 0) is 24.2 Å². The van der Waals surface area contributed by atoms with Crippen molar-refractivity contribution >= 4 is 24.9 Å². The first-order chi connectivity index (χ1) is 13.2. The molecule has 0 aromatic heterocycles. The van der Waals surface area contributed by atoms with Crippen LogP contribution in [0.5, 0.6) is 0 Å². The second-order valence-electron chi connectivity index (χ2n) is 6.52. The van der Waals surface area contributed by atoms with Crippen LogP contribution in [0, 0.1) is 0 Å². The topological polar surface area (TPSA) is 44.8 Å². The predicted molar refractivity (Wildman–Crippen MR) is 108 cm³/mol. The predicted octanol–water partition coefficient (Wildman–Crippen LogP) is 2.95. The molecule has 0 spiro atoms. The maximum atomic E-state index is 12.1. The third-order valence-electron chi connectivity index (χ3n) is 4.56. The van der Waals surface area contributed by atoms with Crippen molar-refractivity contribution < 1.29 is 18.4 Å². The normalized spacial score (nSPS) is 21.9. The van der Waals surface area contributed by atoms with Crippen molar-refractivity contribution in [2.24, 2.45) is 0 Å². The van der Waals surface area contributed by atoms with E-state index in [2.05, 4.69) is 24.3 Å². The Labute approximate surface area is 162 Å². The molecular weight excluding hydrogens is 356 g/mol. The summed E-state index contributed by atoms with van der Waals surface area (Å²) in [4.78, 5) is 12.1. The summed E-state index contributed by atoms with van der Waals surface area (Å²) in [7, 11) is -2.95. The smallest absolute Gasteiger partial charge is 0.407 e. The average molecular weight is 383 g/mol. The first-order valence-electron chi connectivity index (χ1n) is 9.43. The van der Waals surface area contributed by atoms with Crippen molar-refractivity contribution in [2.45, 2.75) is 38.9 Å². The van der Waals surface area contributed by atoms with Crippen LogP contribution in [0.3, 0.4) is 0 Å². The number of hydrogen-bond acceptors (Lipinski definition) is 4. The molecule has 0 N–H and O–H groups in total. The molecule has 2 aromatic carbocycles. The van der Waals surface area contributed by atoms with Crippen LogP contribution >= 0.6 is 0 Å². The summed E-state index contributed by atoms with van der Waals surface area (Å²) in [6, 6.07) is 20.2. The van der Waals surface area contributed by atoms with Crippen LogP contribution in [-0.2, 0) is 18.4 Å². The Kier molecular flexibility index (Phi) is 6.61. The molecule has 0 aliphatic carbocycles. The fraction of sp³-hybridized carbons (Fsp3) is 0.318. The van der Waals surface area contributed by atoms with E-state index in [1.54, 1.807) is 0 Å². The molecule has 0 saturated carbocycles. The number of hydrogen-bond donors (Lipinski definition) is 0. The van der Waals surface area contributed by atoms with Gasteiger partial charge in [-0.25, -0.2) is 0 Å². The Morgan fingerprint density at radius 2 is 1.67 bits per heavy atom.